The molecular weight excluding hydrogens is 438 g/mol. The van der Waals surface area contributed by atoms with E-state index in [9.17, 15) is 9.59 Å². The number of nitrogens with zero attached hydrogens (tertiary/aromatic N) is 4. The van der Waals surface area contributed by atoms with E-state index in [-0.39, 0.29) is 24.9 Å². The molecule has 9 heteroatoms. The molecule has 1 N–H and O–H groups in total. The molecule has 0 aliphatic rings. The van der Waals surface area contributed by atoms with Crippen molar-refractivity contribution in [1.82, 2.24) is 25.2 Å². The van der Waals surface area contributed by atoms with Crippen LogP contribution in [0, 0.1) is 5.92 Å². The van der Waals surface area contributed by atoms with Crippen LogP contribution < -0.4 is 5.32 Å². The van der Waals surface area contributed by atoms with Gasteiger partial charge in [-0.15, -0.1) is 16.4 Å². The van der Waals surface area contributed by atoms with E-state index < -0.39 is 6.04 Å². The molecule has 0 saturated carbocycles. The minimum atomic E-state index is -0.774. The predicted octanol–water partition coefficient (Wildman–Crippen LogP) is 4.02. The van der Waals surface area contributed by atoms with Crippen molar-refractivity contribution in [3.8, 4) is 0 Å². The van der Waals surface area contributed by atoms with Crippen molar-refractivity contribution in [3.05, 3.63) is 70.8 Å². The molecule has 0 aliphatic carbocycles. The monoisotopic (exact) mass is 465 g/mol. The molecule has 3 heterocycles. The Bertz CT molecular complexity index is 1180. The fraction of sp³-hybridized carbons (Fsp3) is 0.333. The Morgan fingerprint density at radius 3 is 2.73 bits per heavy atom. The lowest BCUT2D eigenvalue weighted by molar-refractivity contribution is -0.142. The van der Waals surface area contributed by atoms with Crippen molar-refractivity contribution in [1.29, 1.82) is 0 Å². The first-order valence-electron chi connectivity index (χ1n) is 10.9. The van der Waals surface area contributed by atoms with Crippen LogP contribution >= 0.6 is 11.3 Å². The van der Waals surface area contributed by atoms with Gasteiger partial charge in [-0.1, -0.05) is 37.3 Å². The maximum absolute atomic E-state index is 13.6. The number of benzene rings is 1. The minimum absolute atomic E-state index is 0.0393. The largest absolute Gasteiger partial charge is 0.467 e. The summed E-state index contributed by atoms with van der Waals surface area (Å²) in [5.74, 6) is 0.608. The summed E-state index contributed by atoms with van der Waals surface area (Å²) in [4.78, 5) is 29.3. The van der Waals surface area contributed by atoms with Gasteiger partial charge >= 0.3 is 0 Å². The molecule has 2 amide bonds. The van der Waals surface area contributed by atoms with Crippen molar-refractivity contribution in [3.63, 3.8) is 0 Å². The number of carbonyl (C=O) groups excluding carboxylic acids is 2. The summed E-state index contributed by atoms with van der Waals surface area (Å²) in [6.07, 6.45) is 2.42. The number of amides is 2. The van der Waals surface area contributed by atoms with Gasteiger partial charge in [-0.3, -0.25) is 9.59 Å². The van der Waals surface area contributed by atoms with Crippen LogP contribution in [0.25, 0.3) is 11.0 Å². The zero-order valence-electron chi connectivity index (χ0n) is 18.7. The number of hydrogen-bond donors (Lipinski definition) is 1. The Kier molecular flexibility index (Phi) is 7.19. The standard InChI is InChI=1S/C24H27N5O3S/c1-17(2)11-12-25-24(31)23(21-10-6-14-33-21)28(15-18-7-5-13-32-18)22(30)16-29-20-9-4-3-8-19(20)26-27-29/h3-10,13-14,17,23H,11-12,15-16H2,1-2H3,(H,25,31)/t23-/m0/s1. The van der Waals surface area contributed by atoms with E-state index in [4.69, 9.17) is 4.42 Å². The molecule has 0 unspecified atom stereocenters. The number of aromatic nitrogens is 3. The first-order valence-corrected chi connectivity index (χ1v) is 11.8. The maximum Gasteiger partial charge on any atom is 0.248 e. The smallest absolute Gasteiger partial charge is 0.248 e. The summed E-state index contributed by atoms with van der Waals surface area (Å²) >= 11 is 1.45. The van der Waals surface area contributed by atoms with E-state index in [1.165, 1.54) is 11.3 Å². The molecule has 0 saturated heterocycles. The van der Waals surface area contributed by atoms with Gasteiger partial charge in [0.2, 0.25) is 11.8 Å². The molecule has 0 fully saturated rings. The quantitative estimate of drug-likeness (QED) is 0.382. The molecule has 1 atom stereocenters. The number of furan rings is 1. The van der Waals surface area contributed by atoms with Crippen LogP contribution in [0.2, 0.25) is 0 Å². The van der Waals surface area contributed by atoms with E-state index in [1.807, 2.05) is 41.8 Å². The van der Waals surface area contributed by atoms with Crippen LogP contribution in [0.1, 0.15) is 36.9 Å². The van der Waals surface area contributed by atoms with Crippen LogP contribution in [0.15, 0.2) is 64.6 Å². The highest BCUT2D eigenvalue weighted by Gasteiger charge is 2.33. The van der Waals surface area contributed by atoms with Gasteiger partial charge in [0, 0.05) is 11.4 Å². The Morgan fingerprint density at radius 1 is 1.15 bits per heavy atom. The van der Waals surface area contributed by atoms with Crippen LogP contribution in [0.5, 0.6) is 0 Å². The van der Waals surface area contributed by atoms with Gasteiger partial charge in [0.1, 0.15) is 23.9 Å². The predicted molar refractivity (Wildman–Crippen MR) is 126 cm³/mol. The minimum Gasteiger partial charge on any atom is -0.467 e. The van der Waals surface area contributed by atoms with E-state index >= 15 is 0 Å². The number of carbonyl (C=O) groups is 2. The van der Waals surface area contributed by atoms with Crippen molar-refractivity contribution in [2.24, 2.45) is 5.92 Å². The number of rotatable bonds is 10. The second-order valence-corrected chi connectivity index (χ2v) is 9.21. The van der Waals surface area contributed by atoms with Gasteiger partial charge in [0.25, 0.3) is 0 Å². The highest BCUT2D eigenvalue weighted by molar-refractivity contribution is 7.10. The topological polar surface area (TPSA) is 93.3 Å². The van der Waals surface area contributed by atoms with Crippen LogP contribution in [0.4, 0.5) is 0 Å². The second-order valence-electron chi connectivity index (χ2n) is 8.23. The molecule has 8 nitrogen and oxygen atoms in total. The summed E-state index contributed by atoms with van der Waals surface area (Å²) in [6.45, 7) is 4.89. The molecule has 0 aliphatic heterocycles. The summed E-state index contributed by atoms with van der Waals surface area (Å²) in [5.41, 5.74) is 1.47. The number of fused-ring (bicyclic) bond motifs is 1. The van der Waals surface area contributed by atoms with Gasteiger partial charge in [-0.25, -0.2) is 4.68 Å². The summed E-state index contributed by atoms with van der Waals surface area (Å²) in [6, 6.07) is 14.0. The lowest BCUT2D eigenvalue weighted by Crippen LogP contribution is -2.44. The third kappa shape index (κ3) is 5.48. The van der Waals surface area contributed by atoms with E-state index in [1.54, 1.807) is 28.0 Å². The Morgan fingerprint density at radius 2 is 2.00 bits per heavy atom. The number of hydrogen-bond acceptors (Lipinski definition) is 6. The molecule has 172 valence electrons. The first-order chi connectivity index (χ1) is 16.0. The number of nitrogens with one attached hydrogen (secondary N) is 1. The summed E-state index contributed by atoms with van der Waals surface area (Å²) < 4.78 is 7.09. The average molecular weight is 466 g/mol. The lowest BCUT2D eigenvalue weighted by atomic mass is 10.1. The molecule has 4 aromatic rings. The average Bonchev–Trinajstić information content (AvgIpc) is 3.56. The molecule has 3 aromatic heterocycles. The molecule has 33 heavy (non-hydrogen) atoms. The second kappa shape index (κ2) is 10.4. The first kappa shape index (κ1) is 22.7. The van der Waals surface area contributed by atoms with Crippen LogP contribution in [0.3, 0.4) is 0 Å². The highest BCUT2D eigenvalue weighted by atomic mass is 32.1. The summed E-state index contributed by atoms with van der Waals surface area (Å²) in [5, 5.41) is 13.2. The fourth-order valence-corrected chi connectivity index (χ4v) is 4.43. The van der Waals surface area contributed by atoms with Crippen molar-refractivity contribution < 1.29 is 14.0 Å². The maximum atomic E-state index is 13.6. The molecule has 4 rings (SSSR count). The van der Waals surface area contributed by atoms with E-state index in [0.717, 1.165) is 16.8 Å². The third-order valence-electron chi connectivity index (χ3n) is 5.33. The number of para-hydroxylation sites is 1. The Balaban J connectivity index is 1.64. The van der Waals surface area contributed by atoms with Gasteiger partial charge in [-0.2, -0.15) is 0 Å². The van der Waals surface area contributed by atoms with Crippen LogP contribution in [-0.4, -0.2) is 38.3 Å². The number of thiophene rings is 1. The molecule has 0 spiro atoms. The van der Waals surface area contributed by atoms with Crippen molar-refractivity contribution >= 4 is 34.2 Å². The molecule has 0 bridgehead atoms. The SMILES string of the molecule is CC(C)CCNC(=O)[C@H](c1cccs1)N(Cc1ccco1)C(=O)Cn1nnc2ccccc21. The van der Waals surface area contributed by atoms with Crippen molar-refractivity contribution in [2.75, 3.05) is 6.54 Å². The Hall–Kier alpha value is -3.46. The van der Waals surface area contributed by atoms with E-state index in [2.05, 4.69) is 29.5 Å². The fourth-order valence-electron chi connectivity index (χ4n) is 3.60. The normalized spacial score (nSPS) is 12.2. The van der Waals surface area contributed by atoms with Gasteiger partial charge < -0.3 is 14.6 Å². The zero-order chi connectivity index (χ0) is 23.2. The molecular formula is C24H27N5O3S. The van der Waals surface area contributed by atoms with Crippen molar-refractivity contribution in [2.45, 2.75) is 39.4 Å². The lowest BCUT2D eigenvalue weighted by Gasteiger charge is -2.30. The van der Waals surface area contributed by atoms with Crippen LogP contribution in [-0.2, 0) is 22.7 Å². The molecule has 0 radical (unpaired) electrons. The Labute approximate surface area is 196 Å². The van der Waals surface area contributed by atoms with Gasteiger partial charge in [0.05, 0.1) is 18.3 Å². The third-order valence-corrected chi connectivity index (χ3v) is 6.25. The summed E-state index contributed by atoms with van der Waals surface area (Å²) in [7, 11) is 0. The van der Waals surface area contributed by atoms with Gasteiger partial charge in [-0.05, 0) is 48.1 Å². The van der Waals surface area contributed by atoms with Gasteiger partial charge in [0.15, 0.2) is 0 Å². The molecule has 1 aromatic carbocycles. The highest BCUT2D eigenvalue weighted by Crippen LogP contribution is 2.28. The van der Waals surface area contributed by atoms with E-state index in [0.29, 0.717) is 23.7 Å². The zero-order valence-corrected chi connectivity index (χ0v) is 19.5.